The van der Waals surface area contributed by atoms with Gasteiger partial charge in [0.05, 0.1) is 12.1 Å². The maximum Gasteiger partial charge on any atom is 0.168 e. The van der Waals surface area contributed by atoms with Gasteiger partial charge in [0.2, 0.25) is 0 Å². The molecule has 1 saturated carbocycles. The molecule has 6 nitrogen and oxygen atoms in total. The van der Waals surface area contributed by atoms with E-state index in [-0.39, 0.29) is 12.4 Å². The van der Waals surface area contributed by atoms with Gasteiger partial charge in [-0.2, -0.15) is 0 Å². The van der Waals surface area contributed by atoms with Crippen LogP contribution in [-0.4, -0.2) is 56.2 Å². The summed E-state index contributed by atoms with van der Waals surface area (Å²) in [5.74, 6) is 1.10. The molecule has 4 rings (SSSR count). The van der Waals surface area contributed by atoms with Crippen molar-refractivity contribution in [3.8, 4) is 0 Å². The van der Waals surface area contributed by atoms with E-state index in [1.807, 2.05) is 0 Å². The van der Waals surface area contributed by atoms with Gasteiger partial charge in [0.1, 0.15) is 0 Å². The molecule has 0 amide bonds. The van der Waals surface area contributed by atoms with Gasteiger partial charge >= 0.3 is 0 Å². The largest absolute Gasteiger partial charge is 0.297 e. The standard InChI is InChI=1S/C22H34N6.ClH/c1-2-9-21(22-23-24-25-28(22)20-12-7-4-8-13-20)27-16-14-26(15-17-27)18-19-10-5-3-6-11-19;/h3,5-6,10-11,20-21H,2,4,7-9,12-18H2,1H3;1H. The normalized spacial score (nSPS) is 20.3. The van der Waals surface area contributed by atoms with Crippen LogP contribution in [0.3, 0.4) is 0 Å². The highest BCUT2D eigenvalue weighted by Crippen LogP contribution is 2.32. The average Bonchev–Trinajstić information content (AvgIpc) is 3.24. The molecule has 2 heterocycles. The van der Waals surface area contributed by atoms with Crippen molar-refractivity contribution in [1.82, 2.24) is 30.0 Å². The van der Waals surface area contributed by atoms with E-state index in [0.717, 1.165) is 51.4 Å². The Bertz CT molecular complexity index is 707. The predicted molar refractivity (Wildman–Crippen MR) is 118 cm³/mol. The summed E-state index contributed by atoms with van der Waals surface area (Å²) in [5, 5.41) is 13.0. The van der Waals surface area contributed by atoms with E-state index in [4.69, 9.17) is 0 Å². The van der Waals surface area contributed by atoms with Crippen molar-refractivity contribution in [3.05, 3.63) is 41.7 Å². The van der Waals surface area contributed by atoms with Crippen LogP contribution in [0.15, 0.2) is 30.3 Å². The third-order valence-electron chi connectivity index (χ3n) is 6.40. The number of hydrogen-bond donors (Lipinski definition) is 0. The monoisotopic (exact) mass is 418 g/mol. The van der Waals surface area contributed by atoms with Gasteiger partial charge in [-0.3, -0.25) is 9.80 Å². The molecule has 0 bridgehead atoms. The van der Waals surface area contributed by atoms with Crippen LogP contribution in [0.2, 0.25) is 0 Å². The molecule has 1 saturated heterocycles. The summed E-state index contributed by atoms with van der Waals surface area (Å²) in [6, 6.07) is 11.7. The maximum atomic E-state index is 4.52. The Morgan fingerprint density at radius 3 is 2.41 bits per heavy atom. The minimum absolute atomic E-state index is 0. The molecule has 1 aromatic carbocycles. The smallest absolute Gasteiger partial charge is 0.168 e. The zero-order chi connectivity index (χ0) is 19.2. The summed E-state index contributed by atoms with van der Waals surface area (Å²) in [5.41, 5.74) is 1.40. The molecule has 0 radical (unpaired) electrons. The quantitative estimate of drug-likeness (QED) is 0.672. The Kier molecular flexibility index (Phi) is 8.45. The van der Waals surface area contributed by atoms with Gasteiger partial charge in [-0.05, 0) is 35.3 Å². The van der Waals surface area contributed by atoms with Crippen LogP contribution in [0.25, 0.3) is 0 Å². The van der Waals surface area contributed by atoms with Gasteiger partial charge in [0.15, 0.2) is 5.82 Å². The Morgan fingerprint density at radius 1 is 1.00 bits per heavy atom. The Labute approximate surface area is 181 Å². The van der Waals surface area contributed by atoms with Gasteiger partial charge < -0.3 is 0 Å². The molecule has 1 aromatic heterocycles. The summed E-state index contributed by atoms with van der Waals surface area (Å²) in [6.07, 6.45) is 8.71. The minimum Gasteiger partial charge on any atom is -0.297 e. The number of rotatable bonds is 7. The van der Waals surface area contributed by atoms with Crippen molar-refractivity contribution in [1.29, 1.82) is 0 Å². The molecule has 2 fully saturated rings. The van der Waals surface area contributed by atoms with Gasteiger partial charge in [-0.25, -0.2) is 4.68 Å². The number of aromatic nitrogens is 4. The van der Waals surface area contributed by atoms with E-state index in [1.165, 1.54) is 37.7 Å². The number of piperazine rings is 1. The van der Waals surface area contributed by atoms with Gasteiger partial charge in [0, 0.05) is 32.7 Å². The highest BCUT2D eigenvalue weighted by atomic mass is 35.5. The molecule has 160 valence electrons. The van der Waals surface area contributed by atoms with Gasteiger partial charge in [-0.1, -0.05) is 62.9 Å². The molecule has 29 heavy (non-hydrogen) atoms. The Morgan fingerprint density at radius 2 is 1.72 bits per heavy atom. The van der Waals surface area contributed by atoms with E-state index in [9.17, 15) is 0 Å². The first-order valence-electron chi connectivity index (χ1n) is 11.1. The SMILES string of the molecule is CCCC(c1nnnn1C1CCCCC1)N1CCN(Cc2ccccc2)CC1.Cl. The third kappa shape index (κ3) is 5.56. The lowest BCUT2D eigenvalue weighted by Gasteiger charge is -2.39. The first-order chi connectivity index (χ1) is 13.8. The predicted octanol–water partition coefficient (Wildman–Crippen LogP) is 4.26. The number of halogens is 1. The lowest BCUT2D eigenvalue weighted by atomic mass is 9.95. The molecule has 1 aliphatic heterocycles. The van der Waals surface area contributed by atoms with Gasteiger partial charge in [0.25, 0.3) is 0 Å². The number of tetrazole rings is 1. The summed E-state index contributed by atoms with van der Waals surface area (Å²) >= 11 is 0. The average molecular weight is 419 g/mol. The second kappa shape index (κ2) is 11.0. The molecule has 7 heteroatoms. The van der Waals surface area contributed by atoms with Crippen molar-refractivity contribution >= 4 is 12.4 Å². The number of nitrogens with zero attached hydrogens (tertiary/aromatic N) is 6. The van der Waals surface area contributed by atoms with E-state index in [2.05, 4.69) is 67.3 Å². The Balaban J connectivity index is 0.00000240. The minimum atomic E-state index is 0. The van der Waals surface area contributed by atoms with Crippen molar-refractivity contribution in [2.24, 2.45) is 0 Å². The molecular weight excluding hydrogens is 384 g/mol. The van der Waals surface area contributed by atoms with Crippen LogP contribution in [0.1, 0.15) is 75.3 Å². The van der Waals surface area contributed by atoms with Crippen molar-refractivity contribution in [2.45, 2.75) is 70.5 Å². The lowest BCUT2D eigenvalue weighted by molar-refractivity contribution is 0.0803. The van der Waals surface area contributed by atoms with Crippen molar-refractivity contribution < 1.29 is 0 Å². The van der Waals surface area contributed by atoms with Crippen LogP contribution in [0.4, 0.5) is 0 Å². The van der Waals surface area contributed by atoms with Crippen LogP contribution in [-0.2, 0) is 6.54 Å². The molecule has 2 aliphatic rings. The fourth-order valence-electron chi connectivity index (χ4n) is 4.83. The van der Waals surface area contributed by atoms with Gasteiger partial charge in [-0.15, -0.1) is 17.5 Å². The number of hydrogen-bond acceptors (Lipinski definition) is 5. The lowest BCUT2D eigenvalue weighted by Crippen LogP contribution is -2.47. The molecule has 1 unspecified atom stereocenters. The first-order valence-corrected chi connectivity index (χ1v) is 11.1. The number of benzene rings is 1. The Hall–Kier alpha value is -1.50. The second-order valence-corrected chi connectivity index (χ2v) is 8.38. The van der Waals surface area contributed by atoms with E-state index >= 15 is 0 Å². The molecule has 0 spiro atoms. The fourth-order valence-corrected chi connectivity index (χ4v) is 4.83. The van der Waals surface area contributed by atoms with E-state index in [1.54, 1.807) is 0 Å². The summed E-state index contributed by atoms with van der Waals surface area (Å²) < 4.78 is 2.18. The first kappa shape index (κ1) is 22.2. The fraction of sp³-hybridized carbons (Fsp3) is 0.682. The molecule has 1 aliphatic carbocycles. The zero-order valence-electron chi connectivity index (χ0n) is 17.6. The third-order valence-corrected chi connectivity index (χ3v) is 6.40. The summed E-state index contributed by atoms with van der Waals surface area (Å²) in [7, 11) is 0. The molecular formula is C22H35ClN6. The maximum absolute atomic E-state index is 4.52. The summed E-state index contributed by atoms with van der Waals surface area (Å²) in [6.45, 7) is 7.73. The van der Waals surface area contributed by atoms with Crippen molar-refractivity contribution in [2.75, 3.05) is 26.2 Å². The van der Waals surface area contributed by atoms with E-state index < -0.39 is 0 Å². The molecule has 0 N–H and O–H groups in total. The topological polar surface area (TPSA) is 50.1 Å². The molecule has 2 aromatic rings. The van der Waals surface area contributed by atoms with Crippen LogP contribution in [0, 0.1) is 0 Å². The second-order valence-electron chi connectivity index (χ2n) is 8.38. The van der Waals surface area contributed by atoms with Crippen LogP contribution in [0.5, 0.6) is 0 Å². The van der Waals surface area contributed by atoms with E-state index in [0.29, 0.717) is 12.1 Å². The van der Waals surface area contributed by atoms with Crippen LogP contribution >= 0.6 is 12.4 Å². The highest BCUT2D eigenvalue weighted by molar-refractivity contribution is 5.85. The highest BCUT2D eigenvalue weighted by Gasteiger charge is 2.30. The molecule has 1 atom stereocenters. The van der Waals surface area contributed by atoms with Crippen LogP contribution < -0.4 is 0 Å². The van der Waals surface area contributed by atoms with Crippen molar-refractivity contribution in [3.63, 3.8) is 0 Å². The zero-order valence-corrected chi connectivity index (χ0v) is 18.4. The summed E-state index contributed by atoms with van der Waals surface area (Å²) in [4.78, 5) is 5.19.